The van der Waals surface area contributed by atoms with Crippen molar-refractivity contribution in [2.75, 3.05) is 13.2 Å². The van der Waals surface area contributed by atoms with E-state index in [0.29, 0.717) is 11.1 Å². The second-order valence-corrected chi connectivity index (χ2v) is 5.71. The summed E-state index contributed by atoms with van der Waals surface area (Å²) in [6, 6.07) is 5.99. The van der Waals surface area contributed by atoms with Gasteiger partial charge >= 0.3 is 0 Å². The summed E-state index contributed by atoms with van der Waals surface area (Å²) in [6.45, 7) is 4.73. The largest absolute Gasteiger partial charge is 0.384 e. The van der Waals surface area contributed by atoms with Crippen LogP contribution in [0.25, 0.3) is 0 Å². The molecule has 1 aromatic carbocycles. The van der Waals surface area contributed by atoms with Gasteiger partial charge in [0.2, 0.25) is 0 Å². The highest BCUT2D eigenvalue weighted by Crippen LogP contribution is 2.21. The fraction of sp³-hybridized carbons (Fsp3) is 0.500. The maximum atomic E-state index is 12.9. The summed E-state index contributed by atoms with van der Waals surface area (Å²) in [5.74, 6) is 5.62. The topological polar surface area (TPSA) is 40.5 Å². The molecule has 1 atom stereocenters. The Bertz CT molecular complexity index is 568. The molecule has 0 aliphatic carbocycles. The molecule has 0 bridgehead atoms. The Morgan fingerprint density at radius 3 is 2.95 bits per heavy atom. The van der Waals surface area contributed by atoms with Gasteiger partial charge in [0, 0.05) is 18.2 Å². The van der Waals surface area contributed by atoms with Crippen LogP contribution in [0.4, 0.5) is 0 Å². The number of hydrogen-bond donors (Lipinski definition) is 1. The Kier molecular flexibility index (Phi) is 5.41. The van der Waals surface area contributed by atoms with Crippen LogP contribution >= 0.6 is 0 Å². The van der Waals surface area contributed by atoms with Crippen LogP contribution < -0.4 is 0 Å². The van der Waals surface area contributed by atoms with Crippen LogP contribution in [0.15, 0.2) is 18.2 Å². The van der Waals surface area contributed by atoms with E-state index in [1.54, 1.807) is 0 Å². The number of carbonyl (C=O) groups excluding carboxylic acids is 1. The molecule has 112 valence electrons. The zero-order chi connectivity index (χ0) is 15.2. The fourth-order valence-corrected chi connectivity index (χ4v) is 2.81. The van der Waals surface area contributed by atoms with E-state index in [0.717, 1.165) is 24.9 Å². The molecule has 0 aromatic heterocycles. The average molecular weight is 285 g/mol. The van der Waals surface area contributed by atoms with Gasteiger partial charge in [0.1, 0.15) is 6.61 Å². The second-order valence-electron chi connectivity index (χ2n) is 5.71. The molecule has 3 heteroatoms. The van der Waals surface area contributed by atoms with Crippen molar-refractivity contribution in [2.45, 2.75) is 45.6 Å². The third-order valence-electron chi connectivity index (χ3n) is 4.02. The second kappa shape index (κ2) is 7.28. The molecule has 3 nitrogen and oxygen atoms in total. The van der Waals surface area contributed by atoms with E-state index in [9.17, 15) is 4.79 Å². The summed E-state index contributed by atoms with van der Waals surface area (Å²) in [5.41, 5.74) is 2.43. The van der Waals surface area contributed by atoms with Crippen LogP contribution in [0.5, 0.6) is 0 Å². The highest BCUT2D eigenvalue weighted by atomic mass is 16.2. The monoisotopic (exact) mass is 285 g/mol. The van der Waals surface area contributed by atoms with E-state index >= 15 is 0 Å². The smallest absolute Gasteiger partial charge is 0.255 e. The SMILES string of the molecule is Cc1ccc(C(=O)N2CCCCCC2C)c(C#CCO)c1. The molecular weight excluding hydrogens is 262 g/mol. The van der Waals surface area contributed by atoms with Gasteiger partial charge in [0.25, 0.3) is 5.91 Å². The molecule has 0 spiro atoms. The van der Waals surface area contributed by atoms with Crippen molar-refractivity contribution in [1.29, 1.82) is 0 Å². The summed E-state index contributed by atoms with van der Waals surface area (Å²) in [4.78, 5) is 14.8. The maximum absolute atomic E-state index is 12.9. The summed E-state index contributed by atoms with van der Waals surface area (Å²) in [6.07, 6.45) is 4.52. The van der Waals surface area contributed by atoms with Crippen LogP contribution in [-0.4, -0.2) is 35.1 Å². The van der Waals surface area contributed by atoms with E-state index < -0.39 is 0 Å². The zero-order valence-corrected chi connectivity index (χ0v) is 12.9. The number of aliphatic hydroxyl groups is 1. The summed E-state index contributed by atoms with van der Waals surface area (Å²) < 4.78 is 0. The highest BCUT2D eigenvalue weighted by molar-refractivity contribution is 5.97. The number of aliphatic hydroxyl groups excluding tert-OH is 1. The van der Waals surface area contributed by atoms with Crippen molar-refractivity contribution >= 4 is 5.91 Å². The first-order valence-electron chi connectivity index (χ1n) is 7.65. The maximum Gasteiger partial charge on any atom is 0.255 e. The van der Waals surface area contributed by atoms with Gasteiger partial charge < -0.3 is 10.0 Å². The van der Waals surface area contributed by atoms with Gasteiger partial charge in [-0.25, -0.2) is 0 Å². The van der Waals surface area contributed by atoms with Crippen LogP contribution in [-0.2, 0) is 0 Å². The number of amides is 1. The van der Waals surface area contributed by atoms with Gasteiger partial charge in [-0.1, -0.05) is 30.7 Å². The van der Waals surface area contributed by atoms with Crippen molar-refractivity contribution in [3.05, 3.63) is 34.9 Å². The first-order chi connectivity index (χ1) is 10.1. The minimum Gasteiger partial charge on any atom is -0.384 e. The molecule has 0 saturated carbocycles. The number of benzene rings is 1. The molecule has 1 aromatic rings. The first-order valence-corrected chi connectivity index (χ1v) is 7.65. The lowest BCUT2D eigenvalue weighted by Crippen LogP contribution is -2.38. The molecule has 1 saturated heterocycles. The Morgan fingerprint density at radius 1 is 1.38 bits per heavy atom. The lowest BCUT2D eigenvalue weighted by Gasteiger charge is -2.27. The minimum atomic E-state index is -0.193. The standard InChI is InChI=1S/C18H23NO2/c1-14-9-10-17(16(13-14)8-6-12-20)18(21)19-11-5-3-4-7-15(19)2/h9-10,13,15,20H,3-5,7,11-12H2,1-2H3. The number of hydrogen-bond acceptors (Lipinski definition) is 2. The van der Waals surface area contributed by atoms with E-state index in [2.05, 4.69) is 18.8 Å². The van der Waals surface area contributed by atoms with E-state index in [1.807, 2.05) is 30.0 Å². The molecule has 1 amide bonds. The predicted molar refractivity (Wildman–Crippen MR) is 84.1 cm³/mol. The molecule has 0 radical (unpaired) electrons. The lowest BCUT2D eigenvalue weighted by molar-refractivity contribution is 0.0697. The van der Waals surface area contributed by atoms with Crippen molar-refractivity contribution in [3.8, 4) is 11.8 Å². The number of carbonyl (C=O) groups is 1. The third-order valence-corrected chi connectivity index (χ3v) is 4.02. The number of rotatable bonds is 1. The van der Waals surface area contributed by atoms with E-state index in [1.165, 1.54) is 12.8 Å². The molecule has 1 unspecified atom stereocenters. The van der Waals surface area contributed by atoms with Gasteiger partial charge in [0.15, 0.2) is 0 Å². The summed E-state index contributed by atoms with van der Waals surface area (Å²) in [7, 11) is 0. The fourth-order valence-electron chi connectivity index (χ4n) is 2.81. The number of likely N-dealkylation sites (tertiary alicyclic amines) is 1. The van der Waals surface area contributed by atoms with Gasteiger partial charge in [0.05, 0.1) is 5.56 Å². The van der Waals surface area contributed by atoms with Crippen molar-refractivity contribution in [1.82, 2.24) is 4.90 Å². The number of nitrogens with zero attached hydrogens (tertiary/aromatic N) is 1. The van der Waals surface area contributed by atoms with Gasteiger partial charge in [-0.3, -0.25) is 4.79 Å². The van der Waals surface area contributed by atoms with Crippen LogP contribution in [0.3, 0.4) is 0 Å². The number of aryl methyl sites for hydroxylation is 1. The normalized spacial score (nSPS) is 18.6. The Labute approximate surface area is 127 Å². The minimum absolute atomic E-state index is 0.0617. The van der Waals surface area contributed by atoms with Crippen LogP contribution in [0.1, 0.15) is 54.1 Å². The zero-order valence-electron chi connectivity index (χ0n) is 12.9. The van der Waals surface area contributed by atoms with Crippen LogP contribution in [0, 0.1) is 18.8 Å². The summed E-state index contributed by atoms with van der Waals surface area (Å²) in [5, 5.41) is 8.89. The Hall–Kier alpha value is -1.79. The molecule has 2 rings (SSSR count). The lowest BCUT2D eigenvalue weighted by atomic mass is 10.0. The molecular formula is C18H23NO2. The molecule has 1 N–H and O–H groups in total. The van der Waals surface area contributed by atoms with Crippen molar-refractivity contribution in [2.24, 2.45) is 0 Å². The summed E-state index contributed by atoms with van der Waals surface area (Å²) >= 11 is 0. The molecule has 1 heterocycles. The van der Waals surface area contributed by atoms with Gasteiger partial charge in [-0.05, 0) is 44.4 Å². The van der Waals surface area contributed by atoms with E-state index in [4.69, 9.17) is 5.11 Å². The Balaban J connectivity index is 2.33. The molecule has 1 aliphatic heterocycles. The third kappa shape index (κ3) is 3.86. The van der Waals surface area contributed by atoms with Gasteiger partial charge in [-0.2, -0.15) is 0 Å². The molecule has 1 fully saturated rings. The quantitative estimate of drug-likeness (QED) is 0.806. The van der Waals surface area contributed by atoms with Crippen LogP contribution in [0.2, 0.25) is 0 Å². The average Bonchev–Trinajstić information content (AvgIpc) is 2.69. The predicted octanol–water partition coefficient (Wildman–Crippen LogP) is 2.74. The molecule has 21 heavy (non-hydrogen) atoms. The Morgan fingerprint density at radius 2 is 2.19 bits per heavy atom. The highest BCUT2D eigenvalue weighted by Gasteiger charge is 2.24. The molecule has 1 aliphatic rings. The van der Waals surface area contributed by atoms with Crippen molar-refractivity contribution in [3.63, 3.8) is 0 Å². The van der Waals surface area contributed by atoms with Crippen molar-refractivity contribution < 1.29 is 9.90 Å². The van der Waals surface area contributed by atoms with Gasteiger partial charge in [-0.15, -0.1) is 0 Å². The first kappa shape index (κ1) is 15.6. The van der Waals surface area contributed by atoms with E-state index in [-0.39, 0.29) is 18.6 Å².